The number of hydrogen-bond acceptors (Lipinski definition) is 2. The maximum atomic E-state index is 5.79. The summed E-state index contributed by atoms with van der Waals surface area (Å²) in [4.78, 5) is 0. The van der Waals surface area contributed by atoms with Crippen LogP contribution in [0.25, 0.3) is 0 Å². The monoisotopic (exact) mass is 213 g/mol. The molecule has 0 aromatic heterocycles. The van der Waals surface area contributed by atoms with Crippen molar-refractivity contribution in [2.24, 2.45) is 5.92 Å². The minimum Gasteiger partial charge on any atom is -0.373 e. The molecule has 0 spiro atoms. The number of hydrogen-bond donors (Lipinski definition) is 1. The molecule has 0 aromatic carbocycles. The van der Waals surface area contributed by atoms with Gasteiger partial charge in [0.15, 0.2) is 0 Å². The highest BCUT2D eigenvalue weighted by molar-refractivity contribution is 4.79. The number of allylic oxidation sites excluding steroid dienone is 1. The van der Waals surface area contributed by atoms with Crippen LogP contribution in [0.5, 0.6) is 0 Å². The standard InChI is InChI=1S/C13H27NO/c1-7-8-9-15-12(11(2)3)10-14-13(4,5)6/h7-8,11-12,14H,9-10H2,1-6H3. The van der Waals surface area contributed by atoms with E-state index in [1.165, 1.54) is 0 Å². The van der Waals surface area contributed by atoms with Crippen LogP contribution < -0.4 is 5.32 Å². The molecule has 0 bridgehead atoms. The SMILES string of the molecule is CC=CCOC(CNC(C)(C)C)C(C)C. The molecule has 1 unspecified atom stereocenters. The Balaban J connectivity index is 3.94. The summed E-state index contributed by atoms with van der Waals surface area (Å²) in [6.07, 6.45) is 4.36. The second-order valence-electron chi connectivity index (χ2n) is 5.32. The molecular weight excluding hydrogens is 186 g/mol. The van der Waals surface area contributed by atoms with Crippen molar-refractivity contribution < 1.29 is 4.74 Å². The van der Waals surface area contributed by atoms with Gasteiger partial charge in [-0.1, -0.05) is 26.0 Å². The van der Waals surface area contributed by atoms with Gasteiger partial charge in [0.05, 0.1) is 12.7 Å². The Hall–Kier alpha value is -0.340. The van der Waals surface area contributed by atoms with Gasteiger partial charge in [-0.15, -0.1) is 0 Å². The van der Waals surface area contributed by atoms with Gasteiger partial charge in [-0.05, 0) is 33.6 Å². The molecule has 0 aliphatic heterocycles. The first kappa shape index (κ1) is 14.7. The summed E-state index contributed by atoms with van der Waals surface area (Å²) in [6.45, 7) is 14.6. The van der Waals surface area contributed by atoms with E-state index in [9.17, 15) is 0 Å². The molecular formula is C13H27NO. The van der Waals surface area contributed by atoms with Gasteiger partial charge in [0, 0.05) is 12.1 Å². The zero-order valence-electron chi connectivity index (χ0n) is 11.1. The highest BCUT2D eigenvalue weighted by atomic mass is 16.5. The third-order valence-electron chi connectivity index (χ3n) is 2.22. The summed E-state index contributed by atoms with van der Waals surface area (Å²) in [5.74, 6) is 0.546. The number of nitrogens with one attached hydrogen (secondary N) is 1. The summed E-state index contributed by atoms with van der Waals surface area (Å²) >= 11 is 0. The van der Waals surface area contributed by atoms with E-state index in [1.807, 2.05) is 19.1 Å². The van der Waals surface area contributed by atoms with Crippen LogP contribution in [-0.2, 0) is 4.74 Å². The molecule has 1 N–H and O–H groups in total. The lowest BCUT2D eigenvalue weighted by atomic mass is 10.0. The summed E-state index contributed by atoms with van der Waals surface area (Å²) in [5, 5.41) is 3.48. The first-order valence-corrected chi connectivity index (χ1v) is 5.84. The van der Waals surface area contributed by atoms with Gasteiger partial charge in [0.1, 0.15) is 0 Å². The van der Waals surface area contributed by atoms with Crippen molar-refractivity contribution in [3.63, 3.8) is 0 Å². The van der Waals surface area contributed by atoms with Crippen molar-refractivity contribution in [2.75, 3.05) is 13.2 Å². The maximum absolute atomic E-state index is 5.79. The van der Waals surface area contributed by atoms with Crippen LogP contribution in [0.15, 0.2) is 12.2 Å². The van der Waals surface area contributed by atoms with Crippen LogP contribution >= 0.6 is 0 Å². The van der Waals surface area contributed by atoms with Crippen LogP contribution in [0.2, 0.25) is 0 Å². The fraction of sp³-hybridized carbons (Fsp3) is 0.846. The van der Waals surface area contributed by atoms with Crippen LogP contribution in [0.1, 0.15) is 41.5 Å². The Morgan fingerprint density at radius 1 is 1.27 bits per heavy atom. The molecule has 0 fully saturated rings. The Morgan fingerprint density at radius 3 is 2.27 bits per heavy atom. The lowest BCUT2D eigenvalue weighted by Crippen LogP contribution is -2.43. The minimum absolute atomic E-state index is 0.164. The van der Waals surface area contributed by atoms with Crippen LogP contribution in [0, 0.1) is 5.92 Å². The average Bonchev–Trinajstić information content (AvgIpc) is 2.08. The van der Waals surface area contributed by atoms with Gasteiger partial charge < -0.3 is 10.1 Å². The van der Waals surface area contributed by atoms with Gasteiger partial charge in [-0.3, -0.25) is 0 Å². The molecule has 0 rings (SSSR count). The molecule has 0 radical (unpaired) electrons. The highest BCUT2D eigenvalue weighted by Gasteiger charge is 2.16. The molecule has 90 valence electrons. The molecule has 2 heteroatoms. The van der Waals surface area contributed by atoms with Crippen LogP contribution in [0.3, 0.4) is 0 Å². The van der Waals surface area contributed by atoms with Crippen molar-refractivity contribution >= 4 is 0 Å². The van der Waals surface area contributed by atoms with E-state index in [0.717, 1.165) is 6.54 Å². The minimum atomic E-state index is 0.164. The van der Waals surface area contributed by atoms with E-state index >= 15 is 0 Å². The lowest BCUT2D eigenvalue weighted by molar-refractivity contribution is 0.0364. The first-order valence-electron chi connectivity index (χ1n) is 5.84. The van der Waals surface area contributed by atoms with Crippen LogP contribution in [0.4, 0.5) is 0 Å². The van der Waals surface area contributed by atoms with Crippen molar-refractivity contribution in [3.05, 3.63) is 12.2 Å². The van der Waals surface area contributed by atoms with Gasteiger partial charge in [-0.25, -0.2) is 0 Å². The predicted octanol–water partition coefficient (Wildman–Crippen LogP) is 2.99. The van der Waals surface area contributed by atoms with Gasteiger partial charge in [0.2, 0.25) is 0 Å². The molecule has 0 aromatic rings. The molecule has 2 nitrogen and oxygen atoms in total. The molecule has 0 heterocycles. The van der Waals surface area contributed by atoms with E-state index in [0.29, 0.717) is 18.6 Å². The quantitative estimate of drug-likeness (QED) is 0.685. The third kappa shape index (κ3) is 8.64. The van der Waals surface area contributed by atoms with Crippen molar-refractivity contribution in [1.82, 2.24) is 5.32 Å². The topological polar surface area (TPSA) is 21.3 Å². The van der Waals surface area contributed by atoms with Crippen molar-refractivity contribution in [2.45, 2.75) is 53.2 Å². The molecule has 0 aliphatic carbocycles. The molecule has 0 saturated carbocycles. The fourth-order valence-corrected chi connectivity index (χ4v) is 1.17. The zero-order chi connectivity index (χ0) is 11.9. The second kappa shape index (κ2) is 7.02. The fourth-order valence-electron chi connectivity index (χ4n) is 1.17. The molecule has 0 aliphatic rings. The van der Waals surface area contributed by atoms with Gasteiger partial charge in [0.25, 0.3) is 0 Å². The predicted molar refractivity (Wildman–Crippen MR) is 67.1 cm³/mol. The lowest BCUT2D eigenvalue weighted by Gasteiger charge is -2.27. The van der Waals surface area contributed by atoms with Crippen molar-refractivity contribution in [1.29, 1.82) is 0 Å². The average molecular weight is 213 g/mol. The summed E-state index contributed by atoms with van der Waals surface area (Å²) in [7, 11) is 0. The van der Waals surface area contributed by atoms with E-state index in [-0.39, 0.29) is 5.54 Å². The first-order chi connectivity index (χ1) is 6.87. The highest BCUT2D eigenvalue weighted by Crippen LogP contribution is 2.08. The third-order valence-corrected chi connectivity index (χ3v) is 2.22. The smallest absolute Gasteiger partial charge is 0.0726 e. The van der Waals surface area contributed by atoms with E-state index in [4.69, 9.17) is 4.74 Å². The van der Waals surface area contributed by atoms with Crippen molar-refractivity contribution in [3.8, 4) is 0 Å². The zero-order valence-corrected chi connectivity index (χ0v) is 11.1. The summed E-state index contributed by atoms with van der Waals surface area (Å²) < 4.78 is 5.79. The molecule has 0 saturated heterocycles. The Kier molecular flexibility index (Phi) is 6.86. The van der Waals surface area contributed by atoms with Gasteiger partial charge in [-0.2, -0.15) is 0 Å². The Bertz CT molecular complexity index is 179. The Morgan fingerprint density at radius 2 is 1.87 bits per heavy atom. The number of rotatable bonds is 6. The summed E-state index contributed by atoms with van der Waals surface area (Å²) in [6, 6.07) is 0. The van der Waals surface area contributed by atoms with Gasteiger partial charge >= 0.3 is 0 Å². The second-order valence-corrected chi connectivity index (χ2v) is 5.32. The van der Waals surface area contributed by atoms with E-state index in [2.05, 4.69) is 39.9 Å². The largest absolute Gasteiger partial charge is 0.373 e. The molecule has 0 amide bonds. The molecule has 15 heavy (non-hydrogen) atoms. The van der Waals surface area contributed by atoms with Crippen LogP contribution in [-0.4, -0.2) is 24.8 Å². The number of ether oxygens (including phenoxy) is 1. The van der Waals surface area contributed by atoms with E-state index in [1.54, 1.807) is 0 Å². The molecule has 1 atom stereocenters. The van der Waals surface area contributed by atoms with E-state index < -0.39 is 0 Å². The normalized spacial score (nSPS) is 15.1. The maximum Gasteiger partial charge on any atom is 0.0726 e. The Labute approximate surface area is 95.1 Å². The summed E-state index contributed by atoms with van der Waals surface area (Å²) in [5.41, 5.74) is 0.164.